The molecule has 0 fully saturated rings. The standard InChI is InChI=1S/C16H12IN3/c17-16-8-13(5-6-14(16)7-15(20)10-19)12-3-1-11(9-18)2-4-12/h1-6,8,15H,7,20H2. The Morgan fingerprint density at radius 3 is 2.25 bits per heavy atom. The molecule has 0 aliphatic carbocycles. The van der Waals surface area contributed by atoms with Gasteiger partial charge in [0.15, 0.2) is 0 Å². The summed E-state index contributed by atoms with van der Waals surface area (Å²) in [5.41, 5.74) is 9.55. The number of hydrogen-bond acceptors (Lipinski definition) is 3. The second-order valence-electron chi connectivity index (χ2n) is 4.44. The normalized spacial score (nSPS) is 11.4. The third-order valence-corrected chi connectivity index (χ3v) is 4.01. The molecule has 0 radical (unpaired) electrons. The summed E-state index contributed by atoms with van der Waals surface area (Å²) in [6.45, 7) is 0. The van der Waals surface area contributed by atoms with E-state index < -0.39 is 6.04 Å². The molecular weight excluding hydrogens is 361 g/mol. The van der Waals surface area contributed by atoms with Gasteiger partial charge >= 0.3 is 0 Å². The molecule has 20 heavy (non-hydrogen) atoms. The molecule has 1 unspecified atom stereocenters. The van der Waals surface area contributed by atoms with Crippen LogP contribution in [0.3, 0.4) is 0 Å². The molecule has 0 saturated carbocycles. The summed E-state index contributed by atoms with van der Waals surface area (Å²) in [5.74, 6) is 0. The van der Waals surface area contributed by atoms with Gasteiger partial charge in [0.2, 0.25) is 0 Å². The van der Waals surface area contributed by atoms with E-state index in [1.165, 1.54) is 0 Å². The second kappa shape index (κ2) is 6.51. The molecule has 0 amide bonds. The predicted octanol–water partition coefficient (Wildman–Crippen LogP) is 3.22. The SMILES string of the molecule is N#Cc1ccc(-c2ccc(CC(N)C#N)c(I)c2)cc1. The molecule has 3 nitrogen and oxygen atoms in total. The van der Waals surface area contributed by atoms with Crippen molar-refractivity contribution in [2.75, 3.05) is 0 Å². The van der Waals surface area contributed by atoms with E-state index in [1.807, 2.05) is 42.5 Å². The van der Waals surface area contributed by atoms with E-state index in [9.17, 15) is 0 Å². The van der Waals surface area contributed by atoms with Crippen molar-refractivity contribution in [1.29, 1.82) is 10.5 Å². The van der Waals surface area contributed by atoms with Crippen LogP contribution in [0.1, 0.15) is 11.1 Å². The van der Waals surface area contributed by atoms with Gasteiger partial charge in [-0.3, -0.25) is 0 Å². The maximum Gasteiger partial charge on any atom is 0.0991 e. The lowest BCUT2D eigenvalue weighted by molar-refractivity contribution is 0.820. The summed E-state index contributed by atoms with van der Waals surface area (Å²) in [7, 11) is 0. The van der Waals surface area contributed by atoms with Crippen LogP contribution in [-0.4, -0.2) is 6.04 Å². The van der Waals surface area contributed by atoms with Crippen LogP contribution in [0.4, 0.5) is 0 Å². The molecule has 1 atom stereocenters. The Hall–Kier alpha value is -1.89. The fourth-order valence-electron chi connectivity index (χ4n) is 1.91. The van der Waals surface area contributed by atoms with Crippen molar-refractivity contribution in [2.45, 2.75) is 12.5 Å². The Kier molecular flexibility index (Phi) is 4.73. The van der Waals surface area contributed by atoms with Crippen LogP contribution in [0.2, 0.25) is 0 Å². The fourth-order valence-corrected chi connectivity index (χ4v) is 2.65. The van der Waals surface area contributed by atoms with Crippen molar-refractivity contribution in [3.63, 3.8) is 0 Å². The lowest BCUT2D eigenvalue weighted by Crippen LogP contribution is -2.20. The summed E-state index contributed by atoms with van der Waals surface area (Å²) in [6, 6.07) is 17.3. The van der Waals surface area contributed by atoms with Crippen molar-refractivity contribution in [3.05, 3.63) is 57.2 Å². The smallest absolute Gasteiger partial charge is 0.0991 e. The lowest BCUT2D eigenvalue weighted by Gasteiger charge is -2.09. The van der Waals surface area contributed by atoms with E-state index in [-0.39, 0.29) is 0 Å². The van der Waals surface area contributed by atoms with Crippen LogP contribution in [0, 0.1) is 26.2 Å². The predicted molar refractivity (Wildman–Crippen MR) is 86.6 cm³/mol. The highest BCUT2D eigenvalue weighted by atomic mass is 127. The minimum Gasteiger partial charge on any atom is -0.316 e. The van der Waals surface area contributed by atoms with Crippen molar-refractivity contribution < 1.29 is 0 Å². The van der Waals surface area contributed by atoms with Crippen LogP contribution >= 0.6 is 22.6 Å². The molecule has 0 spiro atoms. The van der Waals surface area contributed by atoms with E-state index in [1.54, 1.807) is 0 Å². The van der Waals surface area contributed by atoms with Crippen LogP contribution in [0.25, 0.3) is 11.1 Å². The molecule has 0 bridgehead atoms. The molecule has 98 valence electrons. The number of hydrogen-bond donors (Lipinski definition) is 1. The zero-order valence-electron chi connectivity index (χ0n) is 10.7. The summed E-state index contributed by atoms with van der Waals surface area (Å²) < 4.78 is 1.09. The zero-order valence-corrected chi connectivity index (χ0v) is 12.8. The third-order valence-electron chi connectivity index (χ3n) is 3.01. The highest BCUT2D eigenvalue weighted by Crippen LogP contribution is 2.24. The topological polar surface area (TPSA) is 73.6 Å². The molecule has 0 aliphatic rings. The monoisotopic (exact) mass is 373 g/mol. The number of nitrogens with two attached hydrogens (primary N) is 1. The number of rotatable bonds is 3. The van der Waals surface area contributed by atoms with Gasteiger partial charge in [-0.1, -0.05) is 24.3 Å². The third kappa shape index (κ3) is 3.36. The van der Waals surface area contributed by atoms with Crippen LogP contribution in [0.15, 0.2) is 42.5 Å². The van der Waals surface area contributed by atoms with Crippen molar-refractivity contribution in [3.8, 4) is 23.3 Å². The van der Waals surface area contributed by atoms with Gasteiger partial charge in [-0.25, -0.2) is 0 Å². The minimum absolute atomic E-state index is 0.468. The summed E-state index contributed by atoms with van der Waals surface area (Å²) >= 11 is 2.26. The molecule has 0 aromatic heterocycles. The molecule has 2 rings (SSSR count). The Morgan fingerprint density at radius 2 is 1.70 bits per heavy atom. The Balaban J connectivity index is 2.28. The average molecular weight is 373 g/mol. The number of nitriles is 2. The van der Waals surface area contributed by atoms with Crippen molar-refractivity contribution in [1.82, 2.24) is 0 Å². The van der Waals surface area contributed by atoms with Crippen molar-refractivity contribution in [2.24, 2.45) is 5.73 Å². The number of halogens is 1. The Bertz CT molecular complexity index is 693. The van der Waals surface area contributed by atoms with E-state index in [0.717, 1.165) is 20.3 Å². The van der Waals surface area contributed by atoms with E-state index >= 15 is 0 Å². The van der Waals surface area contributed by atoms with Gasteiger partial charge < -0.3 is 5.73 Å². The maximum absolute atomic E-state index is 8.80. The zero-order chi connectivity index (χ0) is 14.5. The molecule has 2 N–H and O–H groups in total. The van der Waals surface area contributed by atoms with Gasteiger partial charge in [0, 0.05) is 9.99 Å². The summed E-state index contributed by atoms with van der Waals surface area (Å²) in [4.78, 5) is 0. The number of nitrogens with zero attached hydrogens (tertiary/aromatic N) is 2. The van der Waals surface area contributed by atoms with Gasteiger partial charge in [-0.2, -0.15) is 10.5 Å². The van der Waals surface area contributed by atoms with Gasteiger partial charge in [0.1, 0.15) is 0 Å². The Morgan fingerprint density at radius 1 is 1.05 bits per heavy atom. The quantitative estimate of drug-likeness (QED) is 0.840. The second-order valence-corrected chi connectivity index (χ2v) is 5.60. The maximum atomic E-state index is 8.80. The largest absolute Gasteiger partial charge is 0.316 e. The first kappa shape index (κ1) is 14.5. The molecule has 0 heterocycles. The number of benzene rings is 2. The first-order chi connectivity index (χ1) is 9.63. The molecular formula is C16H12IN3. The highest BCUT2D eigenvalue weighted by molar-refractivity contribution is 14.1. The van der Waals surface area contributed by atoms with Gasteiger partial charge in [0.25, 0.3) is 0 Å². The van der Waals surface area contributed by atoms with E-state index in [4.69, 9.17) is 16.3 Å². The van der Waals surface area contributed by atoms with E-state index in [2.05, 4.69) is 34.7 Å². The minimum atomic E-state index is -0.468. The van der Waals surface area contributed by atoms with Gasteiger partial charge in [-0.05, 0) is 57.5 Å². The molecule has 4 heteroatoms. The summed E-state index contributed by atoms with van der Waals surface area (Å²) in [5, 5.41) is 17.6. The highest BCUT2D eigenvalue weighted by Gasteiger charge is 2.07. The van der Waals surface area contributed by atoms with Crippen LogP contribution in [-0.2, 0) is 6.42 Å². The Labute approximate surface area is 131 Å². The summed E-state index contributed by atoms with van der Waals surface area (Å²) in [6.07, 6.45) is 0.558. The van der Waals surface area contributed by atoms with E-state index in [0.29, 0.717) is 12.0 Å². The van der Waals surface area contributed by atoms with Gasteiger partial charge in [-0.15, -0.1) is 0 Å². The molecule has 2 aromatic rings. The average Bonchev–Trinajstić information content (AvgIpc) is 2.49. The molecule has 0 aliphatic heterocycles. The molecule has 2 aromatic carbocycles. The van der Waals surface area contributed by atoms with Gasteiger partial charge in [0.05, 0.1) is 23.7 Å². The first-order valence-corrected chi connectivity index (χ1v) is 7.16. The molecule has 0 saturated heterocycles. The van der Waals surface area contributed by atoms with Crippen LogP contribution < -0.4 is 5.73 Å². The van der Waals surface area contributed by atoms with Crippen molar-refractivity contribution >= 4 is 22.6 Å². The first-order valence-electron chi connectivity index (χ1n) is 6.08. The van der Waals surface area contributed by atoms with Crippen LogP contribution in [0.5, 0.6) is 0 Å². The lowest BCUT2D eigenvalue weighted by atomic mass is 10.0. The fraction of sp³-hybridized carbons (Fsp3) is 0.125.